The summed E-state index contributed by atoms with van der Waals surface area (Å²) < 4.78 is 0. The average molecular weight is 328 g/mol. The summed E-state index contributed by atoms with van der Waals surface area (Å²) in [4.78, 5) is 25.6. The Morgan fingerprint density at radius 3 is 2.91 bits per heavy atom. The Balaban J connectivity index is 1.51. The molecule has 1 saturated heterocycles. The van der Waals surface area contributed by atoms with Crippen LogP contribution in [0.5, 0.6) is 0 Å². The Labute approximate surface area is 140 Å². The van der Waals surface area contributed by atoms with Crippen molar-refractivity contribution in [2.75, 3.05) is 11.4 Å². The van der Waals surface area contributed by atoms with Crippen LogP contribution >= 0.6 is 11.3 Å². The van der Waals surface area contributed by atoms with Gasteiger partial charge in [0.05, 0.1) is 0 Å². The largest absolute Gasteiger partial charge is 0.352 e. The fourth-order valence-electron chi connectivity index (χ4n) is 2.74. The molecule has 1 aromatic carbocycles. The van der Waals surface area contributed by atoms with Crippen molar-refractivity contribution >= 4 is 28.8 Å². The van der Waals surface area contributed by atoms with Crippen molar-refractivity contribution in [3.05, 3.63) is 52.2 Å². The first-order valence-electron chi connectivity index (χ1n) is 7.89. The molecule has 1 N–H and O–H groups in total. The summed E-state index contributed by atoms with van der Waals surface area (Å²) in [6, 6.07) is 9.90. The number of thiophene rings is 1. The molecule has 0 radical (unpaired) electrons. The van der Waals surface area contributed by atoms with E-state index in [0.717, 1.165) is 30.6 Å². The molecule has 2 aromatic rings. The van der Waals surface area contributed by atoms with Crippen LogP contribution in [0.1, 0.15) is 30.4 Å². The number of hydrogen-bond donors (Lipinski definition) is 1. The van der Waals surface area contributed by atoms with Crippen molar-refractivity contribution < 1.29 is 9.59 Å². The molecule has 5 heteroatoms. The molecule has 0 atom stereocenters. The summed E-state index contributed by atoms with van der Waals surface area (Å²) in [6.07, 6.45) is 2.82. The first-order valence-corrected chi connectivity index (χ1v) is 8.84. The maximum Gasteiger partial charge on any atom is 0.227 e. The van der Waals surface area contributed by atoms with Crippen LogP contribution in [0, 0.1) is 0 Å². The molecule has 4 nitrogen and oxygen atoms in total. The molecule has 3 rings (SSSR count). The van der Waals surface area contributed by atoms with Crippen LogP contribution in [-0.4, -0.2) is 18.4 Å². The van der Waals surface area contributed by atoms with Gasteiger partial charge in [-0.1, -0.05) is 12.1 Å². The number of carbonyl (C=O) groups excluding carboxylic acids is 2. The molecule has 0 unspecified atom stereocenters. The second-order valence-electron chi connectivity index (χ2n) is 5.73. The molecular weight excluding hydrogens is 308 g/mol. The predicted molar refractivity (Wildman–Crippen MR) is 92.5 cm³/mol. The van der Waals surface area contributed by atoms with Crippen LogP contribution < -0.4 is 10.2 Å². The monoisotopic (exact) mass is 328 g/mol. The Morgan fingerprint density at radius 2 is 2.17 bits per heavy atom. The highest BCUT2D eigenvalue weighted by molar-refractivity contribution is 7.07. The molecule has 23 heavy (non-hydrogen) atoms. The first kappa shape index (κ1) is 15.7. The summed E-state index contributed by atoms with van der Waals surface area (Å²) in [5.41, 5.74) is 3.16. The number of amides is 2. The molecule has 0 saturated carbocycles. The van der Waals surface area contributed by atoms with Crippen molar-refractivity contribution in [3.63, 3.8) is 0 Å². The van der Waals surface area contributed by atoms with Gasteiger partial charge in [0, 0.05) is 31.6 Å². The fraction of sp³-hybridized carbons (Fsp3) is 0.333. The molecule has 1 fully saturated rings. The van der Waals surface area contributed by atoms with E-state index in [2.05, 4.69) is 16.8 Å². The smallest absolute Gasteiger partial charge is 0.227 e. The lowest BCUT2D eigenvalue weighted by molar-refractivity contribution is -0.121. The third-order valence-corrected chi connectivity index (χ3v) is 4.74. The second kappa shape index (κ2) is 7.42. The van der Waals surface area contributed by atoms with E-state index >= 15 is 0 Å². The highest BCUT2D eigenvalue weighted by Crippen LogP contribution is 2.22. The van der Waals surface area contributed by atoms with Gasteiger partial charge in [-0.3, -0.25) is 9.59 Å². The lowest BCUT2D eigenvalue weighted by atomic mass is 10.1. The van der Waals surface area contributed by atoms with E-state index in [0.29, 0.717) is 19.4 Å². The predicted octanol–water partition coefficient (Wildman–Crippen LogP) is 3.12. The van der Waals surface area contributed by atoms with Crippen molar-refractivity contribution in [2.45, 2.75) is 32.2 Å². The zero-order valence-electron chi connectivity index (χ0n) is 13.0. The van der Waals surface area contributed by atoms with Gasteiger partial charge < -0.3 is 10.2 Å². The number of benzene rings is 1. The van der Waals surface area contributed by atoms with Crippen LogP contribution in [0.15, 0.2) is 41.1 Å². The molecule has 0 bridgehead atoms. The Morgan fingerprint density at radius 1 is 1.26 bits per heavy atom. The van der Waals surface area contributed by atoms with Crippen LogP contribution in [0.25, 0.3) is 0 Å². The van der Waals surface area contributed by atoms with Crippen LogP contribution in [0.2, 0.25) is 0 Å². The Hall–Kier alpha value is -2.14. The maximum atomic E-state index is 11.9. The van der Waals surface area contributed by atoms with Crippen molar-refractivity contribution in [2.24, 2.45) is 0 Å². The topological polar surface area (TPSA) is 49.4 Å². The van der Waals surface area contributed by atoms with Gasteiger partial charge in [0.1, 0.15) is 0 Å². The zero-order valence-corrected chi connectivity index (χ0v) is 13.8. The molecule has 0 aliphatic carbocycles. The van der Waals surface area contributed by atoms with Gasteiger partial charge in [-0.15, -0.1) is 0 Å². The van der Waals surface area contributed by atoms with Gasteiger partial charge in [-0.05, 0) is 52.9 Å². The van der Waals surface area contributed by atoms with Gasteiger partial charge in [-0.25, -0.2) is 0 Å². The SMILES string of the molecule is O=C(CCc1ccsc1)NCc1cccc(N2CCCC2=O)c1. The number of nitrogens with one attached hydrogen (secondary N) is 1. The third-order valence-electron chi connectivity index (χ3n) is 4.01. The van der Waals surface area contributed by atoms with Crippen molar-refractivity contribution in [1.29, 1.82) is 0 Å². The van der Waals surface area contributed by atoms with E-state index in [-0.39, 0.29) is 11.8 Å². The summed E-state index contributed by atoms with van der Waals surface area (Å²) in [5.74, 6) is 0.237. The van der Waals surface area contributed by atoms with E-state index < -0.39 is 0 Å². The normalized spacial score (nSPS) is 14.3. The van der Waals surface area contributed by atoms with Crippen molar-refractivity contribution in [1.82, 2.24) is 5.32 Å². The number of carbonyl (C=O) groups is 2. The van der Waals surface area contributed by atoms with Gasteiger partial charge in [0.25, 0.3) is 0 Å². The van der Waals surface area contributed by atoms with Gasteiger partial charge in [0.2, 0.25) is 11.8 Å². The molecule has 1 aliphatic heterocycles. The van der Waals surface area contributed by atoms with E-state index in [1.165, 1.54) is 5.56 Å². The molecule has 2 amide bonds. The van der Waals surface area contributed by atoms with Crippen LogP contribution in [-0.2, 0) is 22.6 Å². The number of anilines is 1. The maximum absolute atomic E-state index is 11.9. The lowest BCUT2D eigenvalue weighted by Crippen LogP contribution is -2.25. The minimum atomic E-state index is 0.0545. The second-order valence-corrected chi connectivity index (χ2v) is 6.51. The number of aryl methyl sites for hydroxylation is 1. The fourth-order valence-corrected chi connectivity index (χ4v) is 3.44. The molecular formula is C18H20N2O2S. The molecule has 120 valence electrons. The number of nitrogens with zero attached hydrogens (tertiary/aromatic N) is 1. The minimum absolute atomic E-state index is 0.0545. The number of rotatable bonds is 6. The first-order chi connectivity index (χ1) is 11.2. The standard InChI is InChI=1S/C18H20N2O2S/c21-17(7-6-14-8-10-23-13-14)19-12-15-3-1-4-16(11-15)20-9-2-5-18(20)22/h1,3-4,8,10-11,13H,2,5-7,9,12H2,(H,19,21). The molecule has 1 aliphatic rings. The van der Waals surface area contributed by atoms with E-state index in [1.807, 2.05) is 34.5 Å². The van der Waals surface area contributed by atoms with Gasteiger partial charge in [-0.2, -0.15) is 11.3 Å². The van der Waals surface area contributed by atoms with E-state index in [1.54, 1.807) is 11.3 Å². The summed E-state index contributed by atoms with van der Waals surface area (Å²) >= 11 is 1.65. The number of hydrogen-bond acceptors (Lipinski definition) is 3. The zero-order chi connectivity index (χ0) is 16.1. The lowest BCUT2D eigenvalue weighted by Gasteiger charge is -2.16. The Kier molecular flexibility index (Phi) is 5.08. The average Bonchev–Trinajstić information content (AvgIpc) is 3.22. The summed E-state index contributed by atoms with van der Waals surface area (Å²) in [5, 5.41) is 7.05. The summed E-state index contributed by atoms with van der Waals surface area (Å²) in [7, 11) is 0. The third kappa shape index (κ3) is 4.20. The van der Waals surface area contributed by atoms with E-state index in [9.17, 15) is 9.59 Å². The van der Waals surface area contributed by atoms with Gasteiger partial charge in [0.15, 0.2) is 0 Å². The highest BCUT2D eigenvalue weighted by atomic mass is 32.1. The molecule has 2 heterocycles. The van der Waals surface area contributed by atoms with Crippen LogP contribution in [0.3, 0.4) is 0 Å². The quantitative estimate of drug-likeness (QED) is 0.886. The Bertz CT molecular complexity index is 682. The van der Waals surface area contributed by atoms with Crippen LogP contribution in [0.4, 0.5) is 5.69 Å². The molecule has 0 spiro atoms. The minimum Gasteiger partial charge on any atom is -0.352 e. The molecule has 1 aromatic heterocycles. The summed E-state index contributed by atoms with van der Waals surface area (Å²) in [6.45, 7) is 1.29. The van der Waals surface area contributed by atoms with Gasteiger partial charge >= 0.3 is 0 Å². The van der Waals surface area contributed by atoms with Crippen molar-refractivity contribution in [3.8, 4) is 0 Å². The van der Waals surface area contributed by atoms with E-state index in [4.69, 9.17) is 0 Å². The highest BCUT2D eigenvalue weighted by Gasteiger charge is 2.21.